The van der Waals surface area contributed by atoms with Crippen LogP contribution in [0.5, 0.6) is 0 Å². The zero-order valence-electron chi connectivity index (χ0n) is 19.0. The van der Waals surface area contributed by atoms with Gasteiger partial charge in [-0.05, 0) is 86.8 Å². The maximum atomic E-state index is 12.9. The summed E-state index contributed by atoms with van der Waals surface area (Å²) in [5.74, 6) is 0.121. The van der Waals surface area contributed by atoms with Gasteiger partial charge in [-0.2, -0.15) is 15.1 Å². The molecule has 5 rings (SSSR count). The Labute approximate surface area is 202 Å². The number of hydrogen-bond acceptors (Lipinski definition) is 4. The van der Waals surface area contributed by atoms with Crippen LogP contribution < -0.4 is 0 Å². The number of rotatable bonds is 3. The third-order valence-corrected chi connectivity index (χ3v) is 7.90. The summed E-state index contributed by atoms with van der Waals surface area (Å²) in [6.07, 6.45) is 7.70. The molecule has 0 saturated heterocycles. The number of nitrogens with one attached hydrogen (secondary N) is 1. The average Bonchev–Trinajstić information content (AvgIpc) is 3.33. The van der Waals surface area contributed by atoms with E-state index in [1.54, 1.807) is 6.08 Å². The number of halogens is 1. The van der Waals surface area contributed by atoms with Crippen LogP contribution in [0.4, 0.5) is 0 Å². The van der Waals surface area contributed by atoms with Crippen LogP contribution in [0.25, 0.3) is 11.8 Å². The summed E-state index contributed by atoms with van der Waals surface area (Å²) >= 11 is 7.59. The molecular weight excluding hydrogens is 454 g/mol. The summed E-state index contributed by atoms with van der Waals surface area (Å²) < 4.78 is 2.15. The van der Waals surface area contributed by atoms with E-state index in [9.17, 15) is 4.79 Å². The van der Waals surface area contributed by atoms with Gasteiger partial charge in [-0.1, -0.05) is 30.9 Å². The lowest BCUT2D eigenvalue weighted by molar-refractivity contribution is -0.114. The summed E-state index contributed by atoms with van der Waals surface area (Å²) in [7, 11) is 0. The summed E-state index contributed by atoms with van der Waals surface area (Å²) in [6, 6.07) is 7.86. The highest BCUT2D eigenvalue weighted by molar-refractivity contribution is 8.27. The number of hydrogen-bond donors (Lipinski definition) is 1. The fourth-order valence-electron chi connectivity index (χ4n) is 4.85. The Balaban J connectivity index is 1.49. The monoisotopic (exact) mass is 479 g/mol. The summed E-state index contributed by atoms with van der Waals surface area (Å²) in [5.41, 5.74) is 5.29. The molecule has 1 aromatic carbocycles. The molecule has 170 valence electrons. The van der Waals surface area contributed by atoms with E-state index in [1.165, 1.54) is 36.0 Å². The van der Waals surface area contributed by atoms with Crippen molar-refractivity contribution in [3.05, 3.63) is 57.4 Å². The van der Waals surface area contributed by atoms with Crippen LogP contribution in [0, 0.1) is 32.1 Å². The number of aryl methyl sites for hydroxylation is 2. The molecule has 1 aromatic heterocycles. The molecule has 33 heavy (non-hydrogen) atoms. The van der Waals surface area contributed by atoms with E-state index in [0.717, 1.165) is 46.1 Å². The van der Waals surface area contributed by atoms with Crippen molar-refractivity contribution in [2.75, 3.05) is 0 Å². The number of nitrogens with zero attached hydrogens (tertiary/aromatic N) is 4. The highest BCUT2D eigenvalue weighted by atomic mass is 35.5. The van der Waals surface area contributed by atoms with Gasteiger partial charge in [0, 0.05) is 28.0 Å². The third-order valence-electron chi connectivity index (χ3n) is 6.59. The van der Waals surface area contributed by atoms with Crippen molar-refractivity contribution in [1.82, 2.24) is 9.58 Å². The fourth-order valence-corrected chi connectivity index (χ4v) is 6.14. The van der Waals surface area contributed by atoms with Gasteiger partial charge in [0.1, 0.15) is 5.04 Å². The Hall–Kier alpha value is -2.64. The number of benzene rings is 1. The molecule has 2 aliphatic heterocycles. The normalized spacial score (nSPS) is 20.4. The molecule has 1 fully saturated rings. The molecule has 0 radical (unpaired) electrons. The molecule has 3 heterocycles. The SMILES string of the molecule is Cc1cc(Cl)ccc1-n1c(C)cc(C=C2C(=N)N3N=C(C4CCCCC4)SC3=NC2=O)c1C. The van der Waals surface area contributed by atoms with E-state index in [1.807, 2.05) is 45.0 Å². The van der Waals surface area contributed by atoms with Crippen molar-refractivity contribution in [1.29, 1.82) is 5.41 Å². The Morgan fingerprint density at radius 3 is 2.64 bits per heavy atom. The van der Waals surface area contributed by atoms with Gasteiger partial charge >= 0.3 is 0 Å². The first-order valence-electron chi connectivity index (χ1n) is 11.3. The van der Waals surface area contributed by atoms with E-state index in [4.69, 9.17) is 22.1 Å². The second kappa shape index (κ2) is 8.61. The molecule has 6 nitrogen and oxygen atoms in total. The lowest BCUT2D eigenvalue weighted by atomic mass is 9.90. The van der Waals surface area contributed by atoms with Crippen LogP contribution in [-0.2, 0) is 4.79 Å². The molecule has 1 N–H and O–H groups in total. The van der Waals surface area contributed by atoms with Crippen LogP contribution in [0.3, 0.4) is 0 Å². The molecule has 0 spiro atoms. The van der Waals surface area contributed by atoms with Crippen molar-refractivity contribution in [3.8, 4) is 5.69 Å². The largest absolute Gasteiger partial charge is 0.318 e. The van der Waals surface area contributed by atoms with E-state index >= 15 is 0 Å². The minimum Gasteiger partial charge on any atom is -0.318 e. The molecule has 0 bridgehead atoms. The molecule has 1 saturated carbocycles. The molecule has 0 unspecified atom stereocenters. The predicted molar refractivity (Wildman–Crippen MR) is 137 cm³/mol. The van der Waals surface area contributed by atoms with Gasteiger partial charge in [-0.3, -0.25) is 10.2 Å². The highest BCUT2D eigenvalue weighted by Crippen LogP contribution is 2.36. The summed E-state index contributed by atoms with van der Waals surface area (Å²) in [6.45, 7) is 6.08. The number of carbonyl (C=O) groups excluding carboxylic acids is 1. The predicted octanol–water partition coefficient (Wildman–Crippen LogP) is 6.26. The van der Waals surface area contributed by atoms with Crippen LogP contribution >= 0.6 is 23.4 Å². The Bertz CT molecular complexity index is 1270. The number of amidine groups is 2. The van der Waals surface area contributed by atoms with Crippen LogP contribution in [-0.4, -0.2) is 31.5 Å². The first-order valence-corrected chi connectivity index (χ1v) is 12.5. The van der Waals surface area contributed by atoms with Crippen molar-refractivity contribution >= 4 is 51.4 Å². The number of thioether (sulfide) groups is 1. The zero-order valence-corrected chi connectivity index (χ0v) is 20.6. The Morgan fingerprint density at radius 2 is 1.91 bits per heavy atom. The summed E-state index contributed by atoms with van der Waals surface area (Å²) in [4.78, 5) is 17.2. The van der Waals surface area contributed by atoms with Crippen molar-refractivity contribution < 1.29 is 4.79 Å². The van der Waals surface area contributed by atoms with Crippen LogP contribution in [0.15, 0.2) is 39.9 Å². The quantitative estimate of drug-likeness (QED) is 0.528. The fraction of sp³-hybridized carbons (Fsp3) is 0.360. The first-order chi connectivity index (χ1) is 15.8. The van der Waals surface area contributed by atoms with E-state index in [-0.39, 0.29) is 17.3 Å². The average molecular weight is 480 g/mol. The number of aromatic nitrogens is 1. The second-order valence-corrected chi connectivity index (χ2v) is 10.3. The van der Waals surface area contributed by atoms with Gasteiger partial charge in [-0.25, -0.2) is 0 Å². The Kier molecular flexibility index (Phi) is 5.79. The van der Waals surface area contributed by atoms with E-state index in [0.29, 0.717) is 16.1 Å². The maximum absolute atomic E-state index is 12.9. The van der Waals surface area contributed by atoms with Gasteiger partial charge in [0.25, 0.3) is 5.91 Å². The lowest BCUT2D eigenvalue weighted by Crippen LogP contribution is -2.35. The number of carbonyl (C=O) groups is 1. The van der Waals surface area contributed by atoms with Gasteiger partial charge in [0.2, 0.25) is 5.17 Å². The minimum absolute atomic E-state index is 0.0933. The molecule has 0 atom stereocenters. The minimum atomic E-state index is -0.383. The van der Waals surface area contributed by atoms with Gasteiger partial charge in [0.15, 0.2) is 5.84 Å². The molecule has 1 aliphatic carbocycles. The van der Waals surface area contributed by atoms with Crippen molar-refractivity contribution in [2.45, 2.75) is 52.9 Å². The highest BCUT2D eigenvalue weighted by Gasteiger charge is 2.38. The van der Waals surface area contributed by atoms with Gasteiger partial charge < -0.3 is 4.57 Å². The van der Waals surface area contributed by atoms with Gasteiger partial charge in [0.05, 0.1) is 5.57 Å². The van der Waals surface area contributed by atoms with Crippen LogP contribution in [0.2, 0.25) is 5.02 Å². The number of aliphatic imine (C=N–C) groups is 1. The number of amides is 1. The first kappa shape index (κ1) is 22.2. The standard InChI is InChI=1S/C25H26ClN5OS/c1-14-11-19(26)9-10-21(14)30-15(2)12-18(16(30)3)13-20-22(27)31-25(28-23(20)32)33-24(29-31)17-7-5-4-6-8-17/h9-13,17,27H,4-8H2,1-3H3. The van der Waals surface area contributed by atoms with E-state index in [2.05, 4.69) is 9.56 Å². The maximum Gasteiger partial charge on any atom is 0.283 e. The van der Waals surface area contributed by atoms with E-state index < -0.39 is 0 Å². The lowest BCUT2D eigenvalue weighted by Gasteiger charge is -2.20. The third kappa shape index (κ3) is 3.97. The van der Waals surface area contributed by atoms with Crippen LogP contribution in [0.1, 0.15) is 54.6 Å². The number of fused-ring (bicyclic) bond motifs is 1. The van der Waals surface area contributed by atoms with Crippen molar-refractivity contribution in [3.63, 3.8) is 0 Å². The topological polar surface area (TPSA) is 73.8 Å². The van der Waals surface area contributed by atoms with Crippen molar-refractivity contribution in [2.24, 2.45) is 16.0 Å². The zero-order chi connectivity index (χ0) is 23.3. The second-order valence-electron chi connectivity index (χ2n) is 8.89. The molecule has 3 aliphatic rings. The summed E-state index contributed by atoms with van der Waals surface area (Å²) in [5, 5.41) is 17.2. The smallest absolute Gasteiger partial charge is 0.283 e. The molecular formula is C25H26ClN5OS. The molecule has 1 amide bonds. The molecule has 8 heteroatoms. The molecule has 2 aromatic rings. The Morgan fingerprint density at radius 1 is 1.15 bits per heavy atom. The number of hydrazone groups is 1. The van der Waals surface area contributed by atoms with Gasteiger partial charge in [-0.15, -0.1) is 0 Å².